The molecule has 32 heavy (non-hydrogen) atoms. The monoisotopic (exact) mass is 464 g/mol. The third kappa shape index (κ3) is 4.23. The fraction of sp³-hybridized carbons (Fsp3) is 0.240. The van der Waals surface area contributed by atoms with E-state index in [1.807, 2.05) is 67.8 Å². The molecule has 1 aromatic heterocycles. The minimum Gasteiger partial charge on any atom is -0.463 e. The average molecular weight is 465 g/mol. The molecule has 2 heterocycles. The number of ether oxygens (including phenoxy) is 1. The SMILES string of the molecule is CCOC(=O)C1=C(C)N=c2s/c(=C/c3ccc(C)cc3)c(=O)n2[C@H]1c1ccc(SC)cc1. The summed E-state index contributed by atoms with van der Waals surface area (Å²) in [5.74, 6) is -0.444. The average Bonchev–Trinajstić information content (AvgIpc) is 3.09. The quantitative estimate of drug-likeness (QED) is 0.425. The van der Waals surface area contributed by atoms with Crippen molar-refractivity contribution in [1.29, 1.82) is 0 Å². The van der Waals surface area contributed by atoms with Gasteiger partial charge in [0.25, 0.3) is 5.56 Å². The zero-order valence-electron chi connectivity index (χ0n) is 18.4. The molecule has 0 N–H and O–H groups in total. The summed E-state index contributed by atoms with van der Waals surface area (Å²) in [6.07, 6.45) is 3.89. The number of thiazole rings is 1. The number of thioether (sulfide) groups is 1. The highest BCUT2D eigenvalue weighted by atomic mass is 32.2. The van der Waals surface area contributed by atoms with Crippen molar-refractivity contribution in [1.82, 2.24) is 4.57 Å². The summed E-state index contributed by atoms with van der Waals surface area (Å²) in [7, 11) is 0. The molecule has 3 aromatic rings. The van der Waals surface area contributed by atoms with Crippen LogP contribution in [0.2, 0.25) is 0 Å². The summed E-state index contributed by atoms with van der Waals surface area (Å²) >= 11 is 2.98. The topological polar surface area (TPSA) is 60.7 Å². The molecule has 0 saturated carbocycles. The molecular weight excluding hydrogens is 440 g/mol. The van der Waals surface area contributed by atoms with E-state index < -0.39 is 12.0 Å². The summed E-state index contributed by atoms with van der Waals surface area (Å²) in [5, 5.41) is 0. The predicted molar refractivity (Wildman–Crippen MR) is 130 cm³/mol. The number of aryl methyl sites for hydroxylation is 1. The van der Waals surface area contributed by atoms with Gasteiger partial charge in [-0.1, -0.05) is 53.3 Å². The Labute approximate surface area is 194 Å². The number of rotatable bonds is 5. The molecule has 2 aromatic carbocycles. The highest BCUT2D eigenvalue weighted by Crippen LogP contribution is 2.31. The van der Waals surface area contributed by atoms with Crippen LogP contribution in [0.25, 0.3) is 6.08 Å². The second-order valence-corrected chi connectivity index (χ2v) is 9.37. The van der Waals surface area contributed by atoms with Crippen LogP contribution in [0, 0.1) is 6.92 Å². The molecule has 0 radical (unpaired) electrons. The number of carbonyl (C=O) groups excluding carboxylic acids is 1. The Kier molecular flexibility index (Phi) is 6.48. The van der Waals surface area contributed by atoms with Crippen LogP contribution in [0.3, 0.4) is 0 Å². The Bertz CT molecular complexity index is 1360. The first kappa shape index (κ1) is 22.3. The van der Waals surface area contributed by atoms with Gasteiger partial charge >= 0.3 is 5.97 Å². The Hall–Kier alpha value is -2.90. The maximum absolute atomic E-state index is 13.5. The minimum absolute atomic E-state index is 0.164. The standard InChI is InChI=1S/C25H24N2O3S2/c1-5-30-24(29)21-16(3)26-25-27(22(21)18-10-12-19(31-4)13-11-18)23(28)20(32-25)14-17-8-6-15(2)7-9-17/h6-14,22H,5H2,1-4H3/b20-14+/t22-/m0/s1. The van der Waals surface area contributed by atoms with Gasteiger partial charge in [0.05, 0.1) is 28.5 Å². The molecule has 1 aliphatic heterocycles. The number of carbonyl (C=O) groups is 1. The Balaban J connectivity index is 1.93. The first-order valence-corrected chi connectivity index (χ1v) is 12.4. The van der Waals surface area contributed by atoms with Crippen molar-refractivity contribution in [3.05, 3.63) is 96.2 Å². The van der Waals surface area contributed by atoms with E-state index in [4.69, 9.17) is 4.74 Å². The van der Waals surface area contributed by atoms with E-state index in [-0.39, 0.29) is 12.2 Å². The lowest BCUT2D eigenvalue weighted by Crippen LogP contribution is -2.39. The van der Waals surface area contributed by atoms with Gasteiger partial charge in [0.15, 0.2) is 4.80 Å². The number of hydrogen-bond acceptors (Lipinski definition) is 6. The molecule has 1 aliphatic rings. The van der Waals surface area contributed by atoms with Crippen molar-refractivity contribution in [3.63, 3.8) is 0 Å². The van der Waals surface area contributed by atoms with Crippen LogP contribution in [0.5, 0.6) is 0 Å². The van der Waals surface area contributed by atoms with E-state index in [0.717, 1.165) is 21.6 Å². The van der Waals surface area contributed by atoms with E-state index in [1.54, 1.807) is 30.2 Å². The van der Waals surface area contributed by atoms with E-state index in [2.05, 4.69) is 4.99 Å². The summed E-state index contributed by atoms with van der Waals surface area (Å²) in [6.45, 7) is 5.85. The van der Waals surface area contributed by atoms with Crippen LogP contribution in [0.1, 0.15) is 36.6 Å². The van der Waals surface area contributed by atoms with Crippen molar-refractivity contribution >= 4 is 35.1 Å². The van der Waals surface area contributed by atoms with Crippen LogP contribution in [0.4, 0.5) is 0 Å². The zero-order chi connectivity index (χ0) is 22.8. The molecule has 0 unspecified atom stereocenters. The van der Waals surface area contributed by atoms with Gasteiger partial charge in [0, 0.05) is 4.90 Å². The second kappa shape index (κ2) is 9.30. The van der Waals surface area contributed by atoms with E-state index in [9.17, 15) is 9.59 Å². The summed E-state index contributed by atoms with van der Waals surface area (Å²) in [4.78, 5) is 32.7. The summed E-state index contributed by atoms with van der Waals surface area (Å²) < 4.78 is 7.54. The maximum atomic E-state index is 13.5. The largest absolute Gasteiger partial charge is 0.463 e. The Morgan fingerprint density at radius 3 is 2.47 bits per heavy atom. The van der Waals surface area contributed by atoms with Crippen molar-refractivity contribution in [3.8, 4) is 0 Å². The lowest BCUT2D eigenvalue weighted by atomic mass is 9.96. The van der Waals surface area contributed by atoms with Crippen LogP contribution < -0.4 is 14.9 Å². The molecule has 164 valence electrons. The fourth-order valence-electron chi connectivity index (χ4n) is 3.71. The number of fused-ring (bicyclic) bond motifs is 1. The molecule has 0 fully saturated rings. The number of benzene rings is 2. The normalized spacial score (nSPS) is 16.0. The zero-order valence-corrected chi connectivity index (χ0v) is 20.0. The third-order valence-electron chi connectivity index (χ3n) is 5.32. The van der Waals surface area contributed by atoms with Gasteiger partial charge in [-0.15, -0.1) is 11.8 Å². The molecule has 0 amide bonds. The lowest BCUT2D eigenvalue weighted by molar-refractivity contribution is -0.139. The molecule has 0 saturated heterocycles. The Morgan fingerprint density at radius 2 is 1.84 bits per heavy atom. The van der Waals surface area contributed by atoms with Crippen molar-refractivity contribution in [2.24, 2.45) is 4.99 Å². The molecule has 0 bridgehead atoms. The van der Waals surface area contributed by atoms with Gasteiger partial charge in [-0.05, 0) is 56.4 Å². The van der Waals surface area contributed by atoms with Crippen molar-refractivity contribution in [2.45, 2.75) is 31.7 Å². The fourth-order valence-corrected chi connectivity index (χ4v) is 5.16. The maximum Gasteiger partial charge on any atom is 0.338 e. The van der Waals surface area contributed by atoms with E-state index in [1.165, 1.54) is 11.3 Å². The molecule has 7 heteroatoms. The number of esters is 1. The first-order valence-electron chi connectivity index (χ1n) is 10.3. The van der Waals surface area contributed by atoms with Gasteiger partial charge in [-0.3, -0.25) is 9.36 Å². The van der Waals surface area contributed by atoms with Gasteiger partial charge in [-0.2, -0.15) is 0 Å². The molecule has 4 rings (SSSR count). The van der Waals surface area contributed by atoms with Gasteiger partial charge in [0.2, 0.25) is 0 Å². The minimum atomic E-state index is -0.582. The summed E-state index contributed by atoms with van der Waals surface area (Å²) in [5.41, 5.74) is 3.77. The second-order valence-electron chi connectivity index (χ2n) is 7.49. The highest BCUT2D eigenvalue weighted by molar-refractivity contribution is 7.98. The summed E-state index contributed by atoms with van der Waals surface area (Å²) in [6, 6.07) is 15.4. The van der Waals surface area contributed by atoms with Crippen LogP contribution in [-0.2, 0) is 9.53 Å². The van der Waals surface area contributed by atoms with E-state index in [0.29, 0.717) is 20.6 Å². The van der Waals surface area contributed by atoms with Gasteiger partial charge in [-0.25, -0.2) is 9.79 Å². The van der Waals surface area contributed by atoms with Crippen LogP contribution >= 0.6 is 23.1 Å². The number of aromatic nitrogens is 1. The van der Waals surface area contributed by atoms with Crippen LogP contribution in [0.15, 0.2) is 74.5 Å². The van der Waals surface area contributed by atoms with Gasteiger partial charge in [0.1, 0.15) is 0 Å². The molecule has 0 spiro atoms. The molecule has 0 aliphatic carbocycles. The molecule has 1 atom stereocenters. The lowest BCUT2D eigenvalue weighted by Gasteiger charge is -2.24. The number of hydrogen-bond donors (Lipinski definition) is 0. The number of allylic oxidation sites excluding steroid dienone is 1. The van der Waals surface area contributed by atoms with Crippen molar-refractivity contribution < 1.29 is 9.53 Å². The van der Waals surface area contributed by atoms with Crippen LogP contribution in [-0.4, -0.2) is 23.4 Å². The molecule has 5 nitrogen and oxygen atoms in total. The third-order valence-corrected chi connectivity index (χ3v) is 7.05. The first-order chi connectivity index (χ1) is 15.4. The number of nitrogens with zero attached hydrogens (tertiary/aromatic N) is 2. The Morgan fingerprint density at radius 1 is 1.16 bits per heavy atom. The predicted octanol–water partition coefficient (Wildman–Crippen LogP) is 3.83. The van der Waals surface area contributed by atoms with Gasteiger partial charge < -0.3 is 4.74 Å². The highest BCUT2D eigenvalue weighted by Gasteiger charge is 2.33. The molecular formula is C25H24N2O3S2. The van der Waals surface area contributed by atoms with E-state index >= 15 is 0 Å². The smallest absolute Gasteiger partial charge is 0.338 e. The van der Waals surface area contributed by atoms with Crippen molar-refractivity contribution in [2.75, 3.05) is 12.9 Å².